The van der Waals surface area contributed by atoms with Crippen molar-refractivity contribution < 1.29 is 8.83 Å². The second-order valence-electron chi connectivity index (χ2n) is 14.1. The van der Waals surface area contributed by atoms with E-state index in [0.29, 0.717) is 0 Å². The van der Waals surface area contributed by atoms with Crippen molar-refractivity contribution >= 4 is 71.7 Å². The van der Waals surface area contributed by atoms with Gasteiger partial charge in [0, 0.05) is 44.2 Å². The van der Waals surface area contributed by atoms with Crippen LogP contribution in [-0.4, -0.2) is 0 Å². The lowest BCUT2D eigenvalue weighted by molar-refractivity contribution is 0.663. The molecule has 0 amide bonds. The van der Waals surface area contributed by atoms with E-state index in [1.54, 1.807) is 0 Å². The lowest BCUT2D eigenvalue weighted by atomic mass is 9.92. The number of fused-ring (bicyclic) bond motifs is 8. The van der Waals surface area contributed by atoms with Gasteiger partial charge in [-0.3, -0.25) is 0 Å². The van der Waals surface area contributed by atoms with Gasteiger partial charge in [-0.05, 0) is 105 Å². The molecule has 0 saturated carbocycles. The van der Waals surface area contributed by atoms with Crippen molar-refractivity contribution in [2.75, 3.05) is 4.90 Å². The number of hydrogen-bond donors (Lipinski definition) is 0. The van der Waals surface area contributed by atoms with Crippen molar-refractivity contribution in [2.45, 2.75) is 0 Å². The summed E-state index contributed by atoms with van der Waals surface area (Å²) < 4.78 is 13.2. The Morgan fingerprint density at radius 3 is 1.55 bits per heavy atom. The lowest BCUT2D eigenvalue weighted by Gasteiger charge is -2.25. The summed E-state index contributed by atoms with van der Waals surface area (Å²) in [5, 5.41) is 6.73. The van der Waals surface area contributed by atoms with Gasteiger partial charge in [-0.25, -0.2) is 0 Å². The Bertz CT molecular complexity index is 3130. The monoisotopic (exact) mass is 703 g/mol. The molecule has 9 aromatic carbocycles. The molecule has 11 aromatic rings. The first kappa shape index (κ1) is 31.2. The maximum atomic E-state index is 6.82. The molecule has 0 N–H and O–H groups in total. The highest BCUT2D eigenvalue weighted by atomic mass is 16.3. The standard InChI is InChI=1S/C52H33NO2/c1-3-14-39(15-4-1)53(40-16-5-2-6-17-40)41-28-26-35(27-29-41)34-22-24-36(25-23-34)38-32-45(43-20-11-13-37-12-7-8-18-42(37)43)52-46(33-38)51-49(55-52)31-30-48-50(51)44-19-9-10-21-47(44)54-48/h1-33H. The minimum absolute atomic E-state index is 0.851. The van der Waals surface area contributed by atoms with Crippen LogP contribution in [0.3, 0.4) is 0 Å². The van der Waals surface area contributed by atoms with Gasteiger partial charge in [-0.1, -0.05) is 133 Å². The quantitative estimate of drug-likeness (QED) is 0.173. The van der Waals surface area contributed by atoms with Gasteiger partial charge in [0.1, 0.15) is 22.3 Å². The number of para-hydroxylation sites is 3. The van der Waals surface area contributed by atoms with Crippen LogP contribution in [0, 0.1) is 0 Å². The molecule has 258 valence electrons. The third-order valence-corrected chi connectivity index (χ3v) is 10.9. The summed E-state index contributed by atoms with van der Waals surface area (Å²) >= 11 is 0. The third-order valence-electron chi connectivity index (χ3n) is 10.9. The number of anilines is 3. The number of nitrogens with zero attached hydrogens (tertiary/aromatic N) is 1. The van der Waals surface area contributed by atoms with Crippen LogP contribution in [0.5, 0.6) is 0 Å². The van der Waals surface area contributed by atoms with Crippen LogP contribution in [0.2, 0.25) is 0 Å². The Labute approximate surface area is 317 Å². The molecule has 0 unspecified atom stereocenters. The largest absolute Gasteiger partial charge is 0.456 e. The summed E-state index contributed by atoms with van der Waals surface area (Å²) in [6, 6.07) is 70.8. The highest BCUT2D eigenvalue weighted by Gasteiger charge is 2.21. The van der Waals surface area contributed by atoms with Crippen LogP contribution in [-0.2, 0) is 0 Å². The first-order chi connectivity index (χ1) is 27.3. The third kappa shape index (κ3) is 5.20. The molecule has 3 nitrogen and oxygen atoms in total. The summed E-state index contributed by atoms with van der Waals surface area (Å²) in [6.07, 6.45) is 0. The molecule has 11 rings (SSSR count). The maximum absolute atomic E-state index is 6.82. The van der Waals surface area contributed by atoms with E-state index in [2.05, 4.69) is 181 Å². The zero-order valence-electron chi connectivity index (χ0n) is 29.8. The number of furan rings is 2. The first-order valence-corrected chi connectivity index (χ1v) is 18.7. The molecule has 0 radical (unpaired) electrons. The van der Waals surface area contributed by atoms with Crippen molar-refractivity contribution in [2.24, 2.45) is 0 Å². The van der Waals surface area contributed by atoms with Gasteiger partial charge in [0.25, 0.3) is 0 Å². The Morgan fingerprint density at radius 2 is 0.836 bits per heavy atom. The average Bonchev–Trinajstić information content (AvgIpc) is 3.83. The molecule has 0 aliphatic rings. The predicted octanol–water partition coefficient (Wildman–Crippen LogP) is 15.1. The van der Waals surface area contributed by atoms with Crippen LogP contribution in [0.25, 0.3) is 88.0 Å². The molecule has 0 aliphatic heterocycles. The lowest BCUT2D eigenvalue weighted by Crippen LogP contribution is -2.09. The summed E-state index contributed by atoms with van der Waals surface area (Å²) in [6.45, 7) is 0. The van der Waals surface area contributed by atoms with E-state index in [-0.39, 0.29) is 0 Å². The molecular weight excluding hydrogens is 671 g/mol. The van der Waals surface area contributed by atoms with Gasteiger partial charge >= 0.3 is 0 Å². The average molecular weight is 704 g/mol. The topological polar surface area (TPSA) is 29.5 Å². The number of rotatable bonds is 6. The summed E-state index contributed by atoms with van der Waals surface area (Å²) in [5.41, 5.74) is 13.6. The van der Waals surface area contributed by atoms with Crippen LogP contribution >= 0.6 is 0 Å². The Morgan fingerprint density at radius 1 is 0.309 bits per heavy atom. The molecule has 2 heterocycles. The van der Waals surface area contributed by atoms with Gasteiger partial charge < -0.3 is 13.7 Å². The molecular formula is C52H33NO2. The Kier molecular flexibility index (Phi) is 7.17. The van der Waals surface area contributed by atoms with Crippen LogP contribution < -0.4 is 4.90 Å². The molecule has 0 bridgehead atoms. The van der Waals surface area contributed by atoms with Gasteiger partial charge in [0.05, 0.1) is 0 Å². The fraction of sp³-hybridized carbons (Fsp3) is 0. The smallest absolute Gasteiger partial charge is 0.143 e. The fourth-order valence-corrected chi connectivity index (χ4v) is 8.27. The van der Waals surface area contributed by atoms with E-state index in [0.717, 1.165) is 88.8 Å². The molecule has 2 aromatic heterocycles. The highest BCUT2D eigenvalue weighted by Crippen LogP contribution is 2.46. The number of benzene rings is 9. The molecule has 55 heavy (non-hydrogen) atoms. The van der Waals surface area contributed by atoms with Gasteiger partial charge in [-0.15, -0.1) is 0 Å². The normalized spacial score (nSPS) is 11.6. The van der Waals surface area contributed by atoms with E-state index >= 15 is 0 Å². The summed E-state index contributed by atoms with van der Waals surface area (Å²) in [4.78, 5) is 2.29. The van der Waals surface area contributed by atoms with Crippen molar-refractivity contribution in [3.8, 4) is 33.4 Å². The van der Waals surface area contributed by atoms with Crippen molar-refractivity contribution in [1.82, 2.24) is 0 Å². The van der Waals surface area contributed by atoms with E-state index in [1.807, 2.05) is 24.3 Å². The molecule has 0 aliphatic carbocycles. The minimum Gasteiger partial charge on any atom is -0.456 e. The first-order valence-electron chi connectivity index (χ1n) is 18.7. The van der Waals surface area contributed by atoms with E-state index in [4.69, 9.17) is 8.83 Å². The fourth-order valence-electron chi connectivity index (χ4n) is 8.27. The Balaban J connectivity index is 1.04. The molecule has 0 atom stereocenters. The van der Waals surface area contributed by atoms with Crippen molar-refractivity contribution in [3.63, 3.8) is 0 Å². The van der Waals surface area contributed by atoms with Crippen LogP contribution in [0.15, 0.2) is 209 Å². The molecule has 0 fully saturated rings. The van der Waals surface area contributed by atoms with Gasteiger partial charge in [-0.2, -0.15) is 0 Å². The van der Waals surface area contributed by atoms with E-state index in [9.17, 15) is 0 Å². The SMILES string of the molecule is c1ccc(N(c2ccccc2)c2ccc(-c3ccc(-c4cc(-c5cccc6ccccc56)c5oc6ccc7oc8ccccc8c7c6c5c4)cc3)cc2)cc1. The Hall–Kier alpha value is -7.36. The van der Waals surface area contributed by atoms with Crippen molar-refractivity contribution in [3.05, 3.63) is 200 Å². The summed E-state index contributed by atoms with van der Waals surface area (Å²) in [5.74, 6) is 0. The van der Waals surface area contributed by atoms with Crippen LogP contribution in [0.1, 0.15) is 0 Å². The number of hydrogen-bond acceptors (Lipinski definition) is 3. The van der Waals surface area contributed by atoms with Crippen LogP contribution in [0.4, 0.5) is 17.1 Å². The summed E-state index contributed by atoms with van der Waals surface area (Å²) in [7, 11) is 0. The molecule has 0 spiro atoms. The van der Waals surface area contributed by atoms with E-state index in [1.165, 1.54) is 16.3 Å². The zero-order valence-corrected chi connectivity index (χ0v) is 29.8. The zero-order chi connectivity index (χ0) is 36.3. The molecule has 3 heteroatoms. The van der Waals surface area contributed by atoms with Crippen molar-refractivity contribution in [1.29, 1.82) is 0 Å². The maximum Gasteiger partial charge on any atom is 0.143 e. The highest BCUT2D eigenvalue weighted by molar-refractivity contribution is 6.27. The second kappa shape index (κ2) is 12.6. The molecule has 0 saturated heterocycles. The van der Waals surface area contributed by atoms with Gasteiger partial charge in [0.15, 0.2) is 0 Å². The predicted molar refractivity (Wildman–Crippen MR) is 229 cm³/mol. The van der Waals surface area contributed by atoms with E-state index < -0.39 is 0 Å². The minimum atomic E-state index is 0.851. The second-order valence-corrected chi connectivity index (χ2v) is 14.1. The van der Waals surface area contributed by atoms with Gasteiger partial charge in [0.2, 0.25) is 0 Å².